The number of phenolic OH excluding ortho intramolecular Hbond substituents is 1. The van der Waals surface area contributed by atoms with E-state index >= 15 is 0 Å². The maximum absolute atomic E-state index is 11.7. The van der Waals surface area contributed by atoms with Gasteiger partial charge in [-0.25, -0.2) is 4.79 Å². The second-order valence-corrected chi connectivity index (χ2v) is 8.60. The molecular formula is C18H11Br2ClN2O5S. The number of carboxylic acids is 1. The molecule has 0 atom stereocenters. The van der Waals surface area contributed by atoms with Crippen molar-refractivity contribution in [1.29, 1.82) is 0 Å². The quantitative estimate of drug-likeness (QED) is 0.285. The maximum atomic E-state index is 11.7. The topological polar surface area (TPSA) is 106 Å². The summed E-state index contributed by atoms with van der Waals surface area (Å²) in [5.41, 5.74) is 1.04. The van der Waals surface area contributed by atoms with Gasteiger partial charge >= 0.3 is 5.97 Å². The zero-order chi connectivity index (χ0) is 21.1. The van der Waals surface area contributed by atoms with E-state index in [1.807, 2.05) is 0 Å². The van der Waals surface area contributed by atoms with Crippen LogP contribution in [-0.4, -0.2) is 33.5 Å². The summed E-state index contributed by atoms with van der Waals surface area (Å²) in [4.78, 5) is 11.6. The number of hydrogen-bond donors (Lipinski definition) is 2. The van der Waals surface area contributed by atoms with E-state index in [1.54, 1.807) is 30.3 Å². The van der Waals surface area contributed by atoms with E-state index in [1.165, 1.54) is 13.2 Å². The van der Waals surface area contributed by atoms with Crippen LogP contribution in [0.2, 0.25) is 5.02 Å². The van der Waals surface area contributed by atoms with E-state index in [2.05, 4.69) is 42.1 Å². The van der Waals surface area contributed by atoms with Crippen molar-refractivity contribution in [2.45, 2.75) is 5.22 Å². The molecule has 11 heteroatoms. The van der Waals surface area contributed by atoms with Crippen molar-refractivity contribution in [3.63, 3.8) is 0 Å². The van der Waals surface area contributed by atoms with Crippen molar-refractivity contribution in [3.05, 3.63) is 54.8 Å². The lowest BCUT2D eigenvalue weighted by atomic mass is 10.2. The first-order valence-corrected chi connectivity index (χ1v) is 10.5. The molecule has 0 saturated heterocycles. The molecule has 3 rings (SSSR count). The van der Waals surface area contributed by atoms with Gasteiger partial charge in [-0.2, -0.15) is 0 Å². The first-order chi connectivity index (χ1) is 13.8. The first kappa shape index (κ1) is 21.7. The summed E-state index contributed by atoms with van der Waals surface area (Å²) < 4.78 is 11.7. The average molecular weight is 563 g/mol. The van der Waals surface area contributed by atoms with E-state index in [9.17, 15) is 15.0 Å². The number of methoxy groups -OCH3 is 1. The number of hydrogen-bond acceptors (Lipinski definition) is 7. The van der Waals surface area contributed by atoms with Crippen molar-refractivity contribution < 1.29 is 24.2 Å². The van der Waals surface area contributed by atoms with Crippen LogP contribution in [0.25, 0.3) is 17.5 Å². The van der Waals surface area contributed by atoms with Crippen LogP contribution in [0.3, 0.4) is 0 Å². The molecule has 0 aliphatic heterocycles. The summed E-state index contributed by atoms with van der Waals surface area (Å²) in [5, 5.41) is 27.7. The number of carboxylic acid groups (broad SMARTS) is 1. The summed E-state index contributed by atoms with van der Waals surface area (Å²) >= 11 is 13.2. The van der Waals surface area contributed by atoms with Gasteiger partial charge in [-0.15, -0.1) is 10.2 Å². The van der Waals surface area contributed by atoms with Gasteiger partial charge in [-0.05, 0) is 85.6 Å². The third kappa shape index (κ3) is 5.13. The third-order valence-electron chi connectivity index (χ3n) is 3.54. The van der Waals surface area contributed by atoms with Crippen molar-refractivity contribution in [2.24, 2.45) is 0 Å². The number of rotatable bonds is 6. The van der Waals surface area contributed by atoms with Gasteiger partial charge in [-0.3, -0.25) is 0 Å². The fraction of sp³-hybridized carbons (Fsp3) is 0.0556. The Balaban J connectivity index is 1.92. The lowest BCUT2D eigenvalue weighted by Gasteiger charge is -2.05. The lowest BCUT2D eigenvalue weighted by Crippen LogP contribution is -1.97. The number of ether oxygens (including phenoxy) is 1. The Kier molecular flexibility index (Phi) is 6.89. The van der Waals surface area contributed by atoms with Crippen LogP contribution >= 0.6 is 55.2 Å². The van der Waals surface area contributed by atoms with Crippen LogP contribution < -0.4 is 4.74 Å². The predicted molar refractivity (Wildman–Crippen MR) is 116 cm³/mol. The zero-order valence-corrected chi connectivity index (χ0v) is 19.3. The molecule has 3 aromatic rings. The van der Waals surface area contributed by atoms with E-state index in [-0.39, 0.29) is 21.8 Å². The Morgan fingerprint density at radius 3 is 2.55 bits per heavy atom. The van der Waals surface area contributed by atoms with E-state index in [0.717, 1.165) is 11.8 Å². The molecule has 0 bridgehead atoms. The van der Waals surface area contributed by atoms with Crippen molar-refractivity contribution >= 4 is 67.3 Å². The molecule has 0 saturated carbocycles. The molecular weight excluding hydrogens is 552 g/mol. The molecule has 0 aliphatic rings. The monoisotopic (exact) mass is 560 g/mol. The van der Waals surface area contributed by atoms with Gasteiger partial charge in [0.15, 0.2) is 0 Å². The highest BCUT2D eigenvalue weighted by molar-refractivity contribution is 9.11. The number of carbonyl (C=O) groups is 1. The number of phenols is 1. The number of nitrogens with zero attached hydrogens (tertiary/aromatic N) is 2. The molecule has 0 unspecified atom stereocenters. The molecule has 2 N–H and O–H groups in total. The van der Waals surface area contributed by atoms with Gasteiger partial charge in [0.05, 0.1) is 21.6 Å². The summed E-state index contributed by atoms with van der Waals surface area (Å²) in [6, 6.07) is 8.11. The van der Waals surface area contributed by atoms with Gasteiger partial charge in [0.25, 0.3) is 11.1 Å². The highest BCUT2D eigenvalue weighted by Gasteiger charge is 2.18. The van der Waals surface area contributed by atoms with Crippen LogP contribution in [0.15, 0.2) is 53.8 Å². The molecule has 1 aromatic heterocycles. The summed E-state index contributed by atoms with van der Waals surface area (Å²) in [6.45, 7) is 0. The molecule has 2 aromatic carbocycles. The summed E-state index contributed by atoms with van der Waals surface area (Å²) in [6.07, 6.45) is 1.42. The number of benzene rings is 2. The minimum atomic E-state index is -1.17. The highest BCUT2D eigenvalue weighted by Crippen LogP contribution is 2.37. The molecule has 29 heavy (non-hydrogen) atoms. The second-order valence-electron chi connectivity index (χ2n) is 5.47. The minimum Gasteiger partial charge on any atom is -0.506 e. The molecule has 150 valence electrons. The molecule has 0 amide bonds. The Bertz CT molecular complexity index is 1100. The second kappa shape index (κ2) is 9.21. The zero-order valence-electron chi connectivity index (χ0n) is 14.5. The molecule has 0 spiro atoms. The smallest absolute Gasteiger partial charge is 0.342 e. The van der Waals surface area contributed by atoms with Gasteiger partial charge in [-0.1, -0.05) is 11.6 Å². The van der Waals surface area contributed by atoms with Crippen LogP contribution in [0, 0.1) is 0 Å². The summed E-state index contributed by atoms with van der Waals surface area (Å²) in [5.74, 6) is -0.520. The van der Waals surface area contributed by atoms with E-state index in [0.29, 0.717) is 30.8 Å². The average Bonchev–Trinajstić information content (AvgIpc) is 3.14. The summed E-state index contributed by atoms with van der Waals surface area (Å²) in [7, 11) is 1.50. The highest BCUT2D eigenvalue weighted by atomic mass is 79.9. The van der Waals surface area contributed by atoms with Crippen LogP contribution in [-0.2, 0) is 4.79 Å². The Morgan fingerprint density at radius 1 is 1.24 bits per heavy atom. The largest absolute Gasteiger partial charge is 0.506 e. The first-order valence-electron chi connectivity index (χ1n) is 7.76. The number of aliphatic carboxylic acids is 1. The standard InChI is InChI=1S/C18H11Br2ClN2O5S/c1-27-13-3-2-9(21)7-10(13)16-22-23-18(28-16)29-14(17(25)26)6-8-4-11(19)15(24)12(20)5-8/h2-7,24H,1H3,(H,25,26)/b14-6-. The Labute approximate surface area is 191 Å². The van der Waals surface area contributed by atoms with Gasteiger partial charge < -0.3 is 19.4 Å². The lowest BCUT2D eigenvalue weighted by molar-refractivity contribution is -0.131. The molecule has 0 radical (unpaired) electrons. The number of aromatic nitrogens is 2. The SMILES string of the molecule is COc1ccc(Cl)cc1-c1nnc(S/C(=C\c2cc(Br)c(O)c(Br)c2)C(=O)O)o1. The van der Waals surface area contributed by atoms with Crippen molar-refractivity contribution in [1.82, 2.24) is 10.2 Å². The molecule has 0 aliphatic carbocycles. The molecule has 7 nitrogen and oxygen atoms in total. The van der Waals surface area contributed by atoms with Crippen LogP contribution in [0.1, 0.15) is 5.56 Å². The maximum Gasteiger partial charge on any atom is 0.342 e. The number of halogens is 3. The predicted octanol–water partition coefficient (Wildman–Crippen LogP) is 5.85. The molecule has 1 heterocycles. The fourth-order valence-corrected chi connectivity index (χ4v) is 4.32. The Morgan fingerprint density at radius 2 is 1.93 bits per heavy atom. The fourth-order valence-electron chi connectivity index (χ4n) is 2.26. The van der Waals surface area contributed by atoms with Crippen molar-refractivity contribution in [2.75, 3.05) is 7.11 Å². The normalized spacial score (nSPS) is 11.5. The minimum absolute atomic E-state index is 0.0173. The van der Waals surface area contributed by atoms with E-state index < -0.39 is 5.97 Å². The van der Waals surface area contributed by atoms with Gasteiger partial charge in [0.2, 0.25) is 0 Å². The van der Waals surface area contributed by atoms with Gasteiger partial charge in [0, 0.05) is 5.02 Å². The Hall–Kier alpha value is -2.01. The number of thioether (sulfide) groups is 1. The van der Waals surface area contributed by atoms with Crippen molar-refractivity contribution in [3.8, 4) is 23.0 Å². The van der Waals surface area contributed by atoms with Crippen LogP contribution in [0.4, 0.5) is 0 Å². The molecule has 0 fully saturated rings. The van der Waals surface area contributed by atoms with Gasteiger partial charge in [0.1, 0.15) is 16.4 Å². The van der Waals surface area contributed by atoms with E-state index in [4.69, 9.17) is 20.8 Å². The van der Waals surface area contributed by atoms with Crippen LogP contribution in [0.5, 0.6) is 11.5 Å². The number of aromatic hydroxyl groups is 1. The third-order valence-corrected chi connectivity index (χ3v) is 5.84.